The number of anilines is 1. The lowest BCUT2D eigenvalue weighted by molar-refractivity contribution is -0.384. The maximum Gasteiger partial charge on any atom is 0.329 e. The second kappa shape index (κ2) is 5.59. The normalized spacial score (nSPS) is 17.5. The molecule has 0 saturated carbocycles. The second-order valence-electron chi connectivity index (χ2n) is 4.06. The summed E-state index contributed by atoms with van der Waals surface area (Å²) in [6.45, 7) is 0. The second-order valence-corrected chi connectivity index (χ2v) is 5.62. The first-order valence-electron chi connectivity index (χ1n) is 5.50. The van der Waals surface area contributed by atoms with Crippen molar-refractivity contribution < 1.29 is 4.92 Å². The molecular formula is C10H10ClN5O2S. The molecule has 0 spiro atoms. The summed E-state index contributed by atoms with van der Waals surface area (Å²) in [5.41, 5.74) is -1.11. The quantitative estimate of drug-likeness (QED) is 0.518. The molecule has 2 rings (SSSR count). The van der Waals surface area contributed by atoms with Crippen LogP contribution in [0.5, 0.6) is 0 Å². The van der Waals surface area contributed by atoms with Crippen molar-refractivity contribution in [2.75, 3.05) is 16.8 Å². The molecule has 2 heterocycles. The van der Waals surface area contributed by atoms with Gasteiger partial charge in [-0.15, -0.1) is 0 Å². The molecule has 19 heavy (non-hydrogen) atoms. The number of halogens is 1. The molecule has 1 aromatic rings. The van der Waals surface area contributed by atoms with Gasteiger partial charge in [-0.05, 0) is 35.9 Å². The average molecular weight is 300 g/mol. The number of aromatic nitrogens is 2. The maximum absolute atomic E-state index is 10.9. The molecule has 0 bridgehead atoms. The number of nitro groups is 1. The lowest BCUT2D eigenvalue weighted by atomic mass is 9.94. The summed E-state index contributed by atoms with van der Waals surface area (Å²) >= 11 is 7.41. The summed E-state index contributed by atoms with van der Waals surface area (Å²) in [7, 11) is 0. The molecule has 0 amide bonds. The number of rotatable bonds is 3. The van der Waals surface area contributed by atoms with E-state index >= 15 is 0 Å². The molecule has 0 aromatic carbocycles. The van der Waals surface area contributed by atoms with E-state index in [2.05, 4.69) is 21.4 Å². The molecule has 1 aliphatic heterocycles. The molecule has 0 unspecified atom stereocenters. The van der Waals surface area contributed by atoms with Gasteiger partial charge in [0.1, 0.15) is 11.7 Å². The Hall–Kier alpha value is -1.59. The van der Waals surface area contributed by atoms with Gasteiger partial charge in [-0.25, -0.2) is 4.98 Å². The van der Waals surface area contributed by atoms with E-state index in [9.17, 15) is 15.4 Å². The van der Waals surface area contributed by atoms with Gasteiger partial charge in [-0.1, -0.05) is 0 Å². The van der Waals surface area contributed by atoms with E-state index in [1.165, 1.54) is 0 Å². The summed E-state index contributed by atoms with van der Waals surface area (Å²) in [6, 6.07) is 2.20. The van der Waals surface area contributed by atoms with E-state index in [1.807, 2.05) is 0 Å². The number of nitriles is 1. The van der Waals surface area contributed by atoms with Crippen LogP contribution in [-0.2, 0) is 0 Å². The molecule has 1 N–H and O–H groups in total. The topological polar surface area (TPSA) is 105 Å². The minimum atomic E-state index is -0.826. The summed E-state index contributed by atoms with van der Waals surface area (Å²) in [5, 5.41) is 23.0. The molecule has 0 atom stereocenters. The number of thioether (sulfide) groups is 1. The van der Waals surface area contributed by atoms with Crippen LogP contribution in [0.15, 0.2) is 6.20 Å². The summed E-state index contributed by atoms with van der Waals surface area (Å²) in [6.07, 6.45) is 2.25. The van der Waals surface area contributed by atoms with Gasteiger partial charge in [0.2, 0.25) is 11.1 Å². The van der Waals surface area contributed by atoms with E-state index in [1.54, 1.807) is 11.8 Å². The zero-order valence-corrected chi connectivity index (χ0v) is 11.4. The molecule has 0 aliphatic carbocycles. The van der Waals surface area contributed by atoms with Gasteiger partial charge in [0.25, 0.3) is 0 Å². The third kappa shape index (κ3) is 3.05. The fourth-order valence-corrected chi connectivity index (χ4v) is 3.11. The van der Waals surface area contributed by atoms with Crippen LogP contribution in [0.25, 0.3) is 0 Å². The summed E-state index contributed by atoms with van der Waals surface area (Å²) < 4.78 is 0. The highest BCUT2D eigenvalue weighted by molar-refractivity contribution is 7.99. The van der Waals surface area contributed by atoms with E-state index in [-0.39, 0.29) is 16.8 Å². The highest BCUT2D eigenvalue weighted by atomic mass is 35.5. The first kappa shape index (κ1) is 13.8. The zero-order chi connectivity index (χ0) is 13.9. The van der Waals surface area contributed by atoms with Crippen molar-refractivity contribution in [2.24, 2.45) is 0 Å². The molecule has 1 saturated heterocycles. The van der Waals surface area contributed by atoms with Crippen molar-refractivity contribution in [3.05, 3.63) is 21.6 Å². The van der Waals surface area contributed by atoms with Crippen LogP contribution in [0.3, 0.4) is 0 Å². The first-order valence-corrected chi connectivity index (χ1v) is 7.04. The fourth-order valence-electron chi connectivity index (χ4n) is 1.79. The Morgan fingerprint density at radius 1 is 1.58 bits per heavy atom. The van der Waals surface area contributed by atoms with Crippen molar-refractivity contribution in [3.63, 3.8) is 0 Å². The Morgan fingerprint density at radius 2 is 2.26 bits per heavy atom. The van der Waals surface area contributed by atoms with Gasteiger partial charge in [0.05, 0.1) is 11.0 Å². The van der Waals surface area contributed by atoms with E-state index in [0.29, 0.717) is 12.8 Å². The van der Waals surface area contributed by atoms with Gasteiger partial charge < -0.3 is 5.32 Å². The molecule has 9 heteroatoms. The van der Waals surface area contributed by atoms with Crippen LogP contribution in [0, 0.1) is 21.4 Å². The number of hydrogen-bond donors (Lipinski definition) is 1. The van der Waals surface area contributed by atoms with Crippen LogP contribution < -0.4 is 5.32 Å². The van der Waals surface area contributed by atoms with Gasteiger partial charge in [0.15, 0.2) is 0 Å². The minimum Gasteiger partial charge on any atom is -0.346 e. The van der Waals surface area contributed by atoms with Crippen LogP contribution in [-0.4, -0.2) is 31.9 Å². The lowest BCUT2D eigenvalue weighted by Gasteiger charge is -2.31. The molecule has 7 nitrogen and oxygen atoms in total. The van der Waals surface area contributed by atoms with Gasteiger partial charge in [-0.3, -0.25) is 10.1 Å². The van der Waals surface area contributed by atoms with Crippen LogP contribution in [0.1, 0.15) is 12.8 Å². The average Bonchev–Trinajstić information content (AvgIpc) is 2.39. The molecule has 1 aromatic heterocycles. The lowest BCUT2D eigenvalue weighted by Crippen LogP contribution is -2.40. The smallest absolute Gasteiger partial charge is 0.329 e. The maximum atomic E-state index is 10.9. The third-order valence-electron chi connectivity index (χ3n) is 2.85. The number of nitrogens with zero attached hydrogens (tertiary/aromatic N) is 4. The van der Waals surface area contributed by atoms with Gasteiger partial charge in [0, 0.05) is 0 Å². The summed E-state index contributed by atoms with van der Waals surface area (Å²) in [5.74, 6) is 1.65. The highest BCUT2D eigenvalue weighted by Gasteiger charge is 2.35. The predicted octanol–water partition coefficient (Wildman–Crippen LogP) is 2.24. The predicted molar refractivity (Wildman–Crippen MR) is 72.2 cm³/mol. The minimum absolute atomic E-state index is 0.00144. The highest BCUT2D eigenvalue weighted by Crippen LogP contribution is 2.32. The van der Waals surface area contributed by atoms with Crippen LogP contribution in [0.2, 0.25) is 5.28 Å². The number of nitrogens with one attached hydrogen (secondary N) is 1. The third-order valence-corrected chi connectivity index (χ3v) is 4.02. The van der Waals surface area contributed by atoms with E-state index in [4.69, 9.17) is 11.6 Å². The monoisotopic (exact) mass is 299 g/mol. The zero-order valence-electron chi connectivity index (χ0n) is 9.80. The van der Waals surface area contributed by atoms with Crippen molar-refractivity contribution >= 4 is 34.9 Å². The van der Waals surface area contributed by atoms with Gasteiger partial charge in [-0.2, -0.15) is 22.0 Å². The Balaban J connectivity index is 2.34. The van der Waals surface area contributed by atoms with Crippen LogP contribution >= 0.6 is 23.4 Å². The molecule has 1 aliphatic rings. The molecule has 100 valence electrons. The van der Waals surface area contributed by atoms with Gasteiger partial charge >= 0.3 is 5.69 Å². The SMILES string of the molecule is N#CC1(Nc2nc(Cl)ncc2[N+](=O)[O-])CCSCC1. The van der Waals surface area contributed by atoms with Crippen molar-refractivity contribution in [1.29, 1.82) is 5.26 Å². The number of hydrogen-bond acceptors (Lipinski definition) is 7. The van der Waals surface area contributed by atoms with Crippen molar-refractivity contribution in [2.45, 2.75) is 18.4 Å². The first-order chi connectivity index (χ1) is 9.06. The standard InChI is InChI=1S/C10H10ClN5O2S/c11-9-13-5-7(16(17)18)8(14-9)15-10(6-12)1-3-19-4-2-10/h5H,1-4H2,(H,13,14,15). The Morgan fingerprint density at radius 3 is 2.84 bits per heavy atom. The molecule has 1 fully saturated rings. The molecular weight excluding hydrogens is 290 g/mol. The Labute approximate surface area is 118 Å². The summed E-state index contributed by atoms with van der Waals surface area (Å²) in [4.78, 5) is 17.7. The van der Waals surface area contributed by atoms with E-state index < -0.39 is 10.5 Å². The van der Waals surface area contributed by atoms with E-state index in [0.717, 1.165) is 17.7 Å². The molecule has 0 radical (unpaired) electrons. The fraction of sp³-hybridized carbons (Fsp3) is 0.500. The Bertz CT molecular complexity index is 541. The van der Waals surface area contributed by atoms with Crippen LogP contribution in [0.4, 0.5) is 11.5 Å². The van der Waals surface area contributed by atoms with Crippen molar-refractivity contribution in [1.82, 2.24) is 9.97 Å². The largest absolute Gasteiger partial charge is 0.346 e. The van der Waals surface area contributed by atoms with Crippen molar-refractivity contribution in [3.8, 4) is 6.07 Å². The Kier molecular flexibility index (Phi) is 4.07.